The van der Waals surface area contributed by atoms with E-state index in [0.29, 0.717) is 13.1 Å². The lowest BCUT2D eigenvalue weighted by Crippen LogP contribution is -2.50. The maximum Gasteiger partial charge on any atom is 0.256 e. The first-order valence-electron chi connectivity index (χ1n) is 11.3. The number of aromatic amines is 1. The second-order valence-corrected chi connectivity index (χ2v) is 8.89. The SMILES string of the molecule is CCC(CN1CCN(C(=O)c2ccc(Cl)cc2F)CC1)n1cc(-c2ncnc3[nH]ccc23)cn1. The summed E-state index contributed by atoms with van der Waals surface area (Å²) in [4.78, 5) is 28.6. The average Bonchev–Trinajstić information content (AvgIpc) is 3.52. The number of benzene rings is 1. The molecule has 8 nitrogen and oxygen atoms in total. The zero-order valence-electron chi connectivity index (χ0n) is 18.8. The van der Waals surface area contributed by atoms with E-state index in [1.165, 1.54) is 12.1 Å². The maximum atomic E-state index is 14.2. The minimum absolute atomic E-state index is 0.0645. The average molecular weight is 482 g/mol. The van der Waals surface area contributed by atoms with Gasteiger partial charge in [-0.05, 0) is 30.7 Å². The minimum atomic E-state index is -0.582. The highest BCUT2D eigenvalue weighted by Gasteiger charge is 2.26. The Bertz CT molecular complexity index is 1310. The van der Waals surface area contributed by atoms with Crippen molar-refractivity contribution in [2.24, 2.45) is 0 Å². The second-order valence-electron chi connectivity index (χ2n) is 8.45. The van der Waals surface area contributed by atoms with E-state index < -0.39 is 5.82 Å². The Hall–Kier alpha value is -3.30. The minimum Gasteiger partial charge on any atom is -0.346 e. The van der Waals surface area contributed by atoms with E-state index in [1.807, 2.05) is 29.3 Å². The van der Waals surface area contributed by atoms with Crippen LogP contribution in [0.4, 0.5) is 4.39 Å². The number of H-pyrrole nitrogens is 1. The molecule has 176 valence electrons. The highest BCUT2D eigenvalue weighted by molar-refractivity contribution is 6.30. The zero-order chi connectivity index (χ0) is 23.7. The quantitative estimate of drug-likeness (QED) is 0.449. The number of nitrogens with one attached hydrogen (secondary N) is 1. The van der Waals surface area contributed by atoms with Crippen molar-refractivity contribution in [2.45, 2.75) is 19.4 Å². The standard InChI is InChI=1S/C24H25ClFN7O/c1-2-18(33-13-16(12-30-33)22-20-5-6-27-23(20)29-15-28-22)14-31-7-9-32(10-8-31)24(34)19-4-3-17(25)11-21(19)26/h3-6,11-13,15,18H,2,7-10,14H2,1H3,(H,27,28,29). The van der Waals surface area contributed by atoms with Crippen LogP contribution in [-0.2, 0) is 0 Å². The molecule has 1 aliphatic heterocycles. The Kier molecular flexibility index (Phi) is 6.30. The fourth-order valence-corrected chi connectivity index (χ4v) is 4.59. The molecule has 4 heterocycles. The van der Waals surface area contributed by atoms with Crippen molar-refractivity contribution in [1.29, 1.82) is 0 Å². The Labute approximate surface area is 201 Å². The molecule has 1 N–H and O–H groups in total. The van der Waals surface area contributed by atoms with Crippen LogP contribution in [0.25, 0.3) is 22.3 Å². The smallest absolute Gasteiger partial charge is 0.256 e. The fraction of sp³-hybridized carbons (Fsp3) is 0.333. The highest BCUT2D eigenvalue weighted by Crippen LogP contribution is 2.26. The van der Waals surface area contributed by atoms with Crippen molar-refractivity contribution in [2.75, 3.05) is 32.7 Å². The van der Waals surface area contributed by atoms with Crippen molar-refractivity contribution < 1.29 is 9.18 Å². The Morgan fingerprint density at radius 1 is 1.21 bits per heavy atom. The molecule has 1 saturated heterocycles. The summed E-state index contributed by atoms with van der Waals surface area (Å²) in [6.45, 7) is 5.51. The van der Waals surface area contributed by atoms with Gasteiger partial charge in [0.2, 0.25) is 0 Å². The number of carbonyl (C=O) groups excluding carboxylic acids is 1. The van der Waals surface area contributed by atoms with Gasteiger partial charge in [0.25, 0.3) is 5.91 Å². The molecule has 3 aromatic heterocycles. The molecule has 1 fully saturated rings. The Morgan fingerprint density at radius 3 is 2.79 bits per heavy atom. The third kappa shape index (κ3) is 4.41. The van der Waals surface area contributed by atoms with Gasteiger partial charge in [0.15, 0.2) is 0 Å². The first-order chi connectivity index (χ1) is 16.5. The zero-order valence-corrected chi connectivity index (χ0v) is 19.5. The number of nitrogens with zero attached hydrogens (tertiary/aromatic N) is 6. The van der Waals surface area contributed by atoms with Crippen LogP contribution < -0.4 is 0 Å². The number of aromatic nitrogens is 5. The molecule has 1 amide bonds. The summed E-state index contributed by atoms with van der Waals surface area (Å²) in [5.41, 5.74) is 2.67. The van der Waals surface area contributed by atoms with Crippen molar-refractivity contribution in [3.8, 4) is 11.3 Å². The first-order valence-corrected chi connectivity index (χ1v) is 11.7. The molecule has 5 rings (SSSR count). The van der Waals surface area contributed by atoms with Gasteiger partial charge in [-0.2, -0.15) is 5.10 Å². The van der Waals surface area contributed by atoms with Crippen LogP contribution in [0.2, 0.25) is 5.02 Å². The molecule has 0 saturated carbocycles. The normalized spacial score (nSPS) is 15.7. The second kappa shape index (κ2) is 9.52. The number of hydrogen-bond donors (Lipinski definition) is 1. The summed E-state index contributed by atoms with van der Waals surface area (Å²) >= 11 is 5.81. The van der Waals surface area contributed by atoms with Crippen molar-refractivity contribution in [3.63, 3.8) is 0 Å². The fourth-order valence-electron chi connectivity index (χ4n) is 4.43. The summed E-state index contributed by atoms with van der Waals surface area (Å²) < 4.78 is 16.2. The molecular weight excluding hydrogens is 457 g/mol. The molecule has 1 aromatic carbocycles. The van der Waals surface area contributed by atoms with Crippen LogP contribution in [0.5, 0.6) is 0 Å². The van der Waals surface area contributed by atoms with Gasteiger partial charge in [-0.1, -0.05) is 18.5 Å². The van der Waals surface area contributed by atoms with Crippen LogP contribution in [0.3, 0.4) is 0 Å². The summed E-state index contributed by atoms with van der Waals surface area (Å²) in [5.74, 6) is -0.875. The van der Waals surface area contributed by atoms with Crippen molar-refractivity contribution >= 4 is 28.5 Å². The van der Waals surface area contributed by atoms with E-state index in [9.17, 15) is 9.18 Å². The molecule has 4 aromatic rings. The molecule has 1 aliphatic rings. The molecule has 0 radical (unpaired) electrons. The Morgan fingerprint density at radius 2 is 2.03 bits per heavy atom. The topological polar surface area (TPSA) is 82.9 Å². The molecule has 10 heteroatoms. The van der Waals surface area contributed by atoms with E-state index >= 15 is 0 Å². The lowest BCUT2D eigenvalue weighted by atomic mass is 10.1. The van der Waals surface area contributed by atoms with E-state index in [2.05, 4.69) is 31.9 Å². The van der Waals surface area contributed by atoms with Crippen LogP contribution in [0, 0.1) is 5.82 Å². The number of halogens is 2. The van der Waals surface area contributed by atoms with Crippen LogP contribution in [0.1, 0.15) is 29.7 Å². The number of hydrogen-bond acceptors (Lipinski definition) is 5. The van der Waals surface area contributed by atoms with E-state index in [1.54, 1.807) is 17.3 Å². The number of rotatable bonds is 6. The van der Waals surface area contributed by atoms with E-state index in [0.717, 1.165) is 48.3 Å². The number of piperazine rings is 1. The van der Waals surface area contributed by atoms with Crippen molar-refractivity contribution in [3.05, 3.63) is 65.6 Å². The van der Waals surface area contributed by atoms with Gasteiger partial charge in [-0.25, -0.2) is 14.4 Å². The van der Waals surface area contributed by atoms with Gasteiger partial charge in [0, 0.05) is 61.1 Å². The van der Waals surface area contributed by atoms with Crippen LogP contribution in [0.15, 0.2) is 49.2 Å². The predicted octanol–water partition coefficient (Wildman–Crippen LogP) is 4.02. The van der Waals surface area contributed by atoms with E-state index in [4.69, 9.17) is 11.6 Å². The molecular formula is C24H25ClFN7O. The van der Waals surface area contributed by atoms with Crippen LogP contribution >= 0.6 is 11.6 Å². The number of carbonyl (C=O) groups is 1. The summed E-state index contributed by atoms with van der Waals surface area (Å²) in [6.07, 6.45) is 8.20. The van der Waals surface area contributed by atoms with Gasteiger partial charge >= 0.3 is 0 Å². The number of amides is 1. The van der Waals surface area contributed by atoms with Crippen molar-refractivity contribution in [1.82, 2.24) is 34.5 Å². The van der Waals surface area contributed by atoms with Gasteiger partial charge in [-0.15, -0.1) is 0 Å². The number of fused-ring (bicyclic) bond motifs is 1. The molecule has 0 spiro atoms. The van der Waals surface area contributed by atoms with Gasteiger partial charge < -0.3 is 9.88 Å². The third-order valence-corrected chi connectivity index (χ3v) is 6.60. The maximum absolute atomic E-state index is 14.2. The predicted molar refractivity (Wildman–Crippen MR) is 128 cm³/mol. The summed E-state index contributed by atoms with van der Waals surface area (Å²) in [5, 5.41) is 5.87. The Balaban J connectivity index is 1.23. The van der Waals surface area contributed by atoms with Gasteiger partial charge in [0.05, 0.1) is 23.5 Å². The third-order valence-electron chi connectivity index (χ3n) is 6.36. The molecule has 1 unspecified atom stereocenters. The molecule has 0 bridgehead atoms. The lowest BCUT2D eigenvalue weighted by molar-refractivity contribution is 0.0611. The summed E-state index contributed by atoms with van der Waals surface area (Å²) in [6, 6.07) is 6.33. The molecule has 0 aliphatic carbocycles. The monoisotopic (exact) mass is 481 g/mol. The van der Waals surface area contributed by atoms with Gasteiger partial charge in [0.1, 0.15) is 17.8 Å². The van der Waals surface area contributed by atoms with E-state index in [-0.39, 0.29) is 22.5 Å². The molecule has 1 atom stereocenters. The largest absolute Gasteiger partial charge is 0.346 e. The first kappa shape index (κ1) is 22.5. The highest BCUT2D eigenvalue weighted by atomic mass is 35.5. The summed E-state index contributed by atoms with van der Waals surface area (Å²) in [7, 11) is 0. The molecule has 34 heavy (non-hydrogen) atoms. The van der Waals surface area contributed by atoms with Gasteiger partial charge in [-0.3, -0.25) is 14.4 Å². The van der Waals surface area contributed by atoms with Crippen LogP contribution in [-0.4, -0.2) is 73.2 Å². The lowest BCUT2D eigenvalue weighted by Gasteiger charge is -2.36.